The molecule has 4 aromatic carbocycles. The number of nitrogens with zero attached hydrogens (tertiary/aromatic N) is 2. The summed E-state index contributed by atoms with van der Waals surface area (Å²) < 4.78 is 0. The number of carbonyl (C=O) groups excluding carboxylic acids is 4. The molecular weight excluding hydrogens is 608 g/mol. The lowest BCUT2D eigenvalue weighted by atomic mass is 9.40. The number of likely N-dealkylation sites (tertiary alicyclic amines) is 2. The molecule has 0 N–H and O–H groups in total. The van der Waals surface area contributed by atoms with Crippen LogP contribution in [0.4, 0.5) is 0 Å². The van der Waals surface area contributed by atoms with Crippen molar-refractivity contribution in [3.63, 3.8) is 0 Å². The summed E-state index contributed by atoms with van der Waals surface area (Å²) in [5, 5.41) is 0. The smallest absolute Gasteiger partial charge is 0.234 e. The third-order valence-electron chi connectivity index (χ3n) is 11.6. The third kappa shape index (κ3) is 4.75. The van der Waals surface area contributed by atoms with Crippen LogP contribution in [0.5, 0.6) is 0 Å². The Hall–Kier alpha value is -5.10. The lowest BCUT2D eigenvalue weighted by molar-refractivity contribution is -0.146. The van der Waals surface area contributed by atoms with Gasteiger partial charge in [0.1, 0.15) is 0 Å². The van der Waals surface area contributed by atoms with Crippen LogP contribution in [0.1, 0.15) is 42.0 Å². The minimum atomic E-state index is -1.03. The Kier molecular flexibility index (Phi) is 7.90. The van der Waals surface area contributed by atoms with Gasteiger partial charge in [0, 0.05) is 24.4 Å². The molecule has 6 nitrogen and oxygen atoms in total. The molecule has 2 aliphatic heterocycles. The van der Waals surface area contributed by atoms with E-state index >= 15 is 0 Å². The normalized spacial score (nSPS) is 27.2. The molecule has 0 radical (unpaired) electrons. The Morgan fingerprint density at radius 3 is 1.35 bits per heavy atom. The molecule has 3 fully saturated rings. The second kappa shape index (κ2) is 12.4. The van der Waals surface area contributed by atoms with E-state index in [1.807, 2.05) is 109 Å². The Morgan fingerprint density at radius 1 is 0.510 bits per heavy atom. The quantitative estimate of drug-likeness (QED) is 0.179. The highest BCUT2D eigenvalue weighted by Crippen LogP contribution is 2.73. The molecule has 49 heavy (non-hydrogen) atoms. The van der Waals surface area contributed by atoms with Crippen LogP contribution in [0, 0.1) is 35.0 Å². The molecule has 4 atom stereocenters. The van der Waals surface area contributed by atoms with Crippen LogP contribution in [0.2, 0.25) is 0 Å². The predicted octanol–water partition coefficient (Wildman–Crippen LogP) is 6.72. The van der Waals surface area contributed by atoms with Gasteiger partial charge in [-0.2, -0.15) is 0 Å². The first kappa shape index (κ1) is 31.2. The SMILES string of the molecule is CCCC12C(c3ccccc3)=C(c3ccccc3)C(C3C(=O)N(CCc4ccccc4)C(=O)C31)C1C(=O)N(CCc3ccccc3)C(=O)C12. The lowest BCUT2D eigenvalue weighted by Gasteiger charge is -2.59. The summed E-state index contributed by atoms with van der Waals surface area (Å²) in [5.74, 6) is -4.32. The van der Waals surface area contributed by atoms with Crippen molar-refractivity contribution in [3.05, 3.63) is 144 Å². The number of rotatable bonds is 10. The van der Waals surface area contributed by atoms with Crippen LogP contribution >= 0.6 is 0 Å². The zero-order chi connectivity index (χ0) is 33.7. The van der Waals surface area contributed by atoms with E-state index in [1.54, 1.807) is 0 Å². The van der Waals surface area contributed by atoms with E-state index in [4.69, 9.17) is 0 Å². The average Bonchev–Trinajstić information content (AvgIpc) is 3.56. The van der Waals surface area contributed by atoms with E-state index in [9.17, 15) is 19.2 Å². The fraction of sp³-hybridized carbons (Fsp3) is 0.302. The number of allylic oxidation sites excluding steroid dienone is 2. The summed E-state index contributed by atoms with van der Waals surface area (Å²) in [6.45, 7) is 2.61. The van der Waals surface area contributed by atoms with E-state index in [0.717, 1.165) is 33.4 Å². The standard InChI is InChI=1S/C43H40N2O4/c1-2-25-43-36(31-21-13-6-14-22-31)32(30-19-11-5-12-20-30)33(34-37(43)41(48)44(39(34)46)26-23-28-15-7-3-8-16-28)35-38(43)42(49)45(40(35)47)27-24-29-17-9-4-10-18-29/h3-22,33-35,37-38H,2,23-27H2,1H3. The number of hydrogen-bond acceptors (Lipinski definition) is 4. The lowest BCUT2D eigenvalue weighted by Crippen LogP contribution is -2.60. The molecule has 0 aromatic heterocycles. The molecule has 1 saturated carbocycles. The van der Waals surface area contributed by atoms with E-state index in [2.05, 4.69) is 19.1 Å². The van der Waals surface area contributed by atoms with Crippen molar-refractivity contribution in [1.29, 1.82) is 0 Å². The molecule has 2 heterocycles. The van der Waals surface area contributed by atoms with Crippen LogP contribution in [-0.2, 0) is 32.0 Å². The van der Waals surface area contributed by atoms with Gasteiger partial charge in [0.25, 0.3) is 0 Å². The van der Waals surface area contributed by atoms with E-state index < -0.39 is 35.0 Å². The monoisotopic (exact) mass is 648 g/mol. The maximum absolute atomic E-state index is 14.9. The van der Waals surface area contributed by atoms with Crippen LogP contribution in [0.15, 0.2) is 121 Å². The van der Waals surface area contributed by atoms with Crippen molar-refractivity contribution >= 4 is 34.8 Å². The molecule has 9 rings (SSSR count). The molecule has 246 valence electrons. The van der Waals surface area contributed by atoms with Crippen molar-refractivity contribution < 1.29 is 19.2 Å². The Labute approximate surface area is 287 Å². The van der Waals surface area contributed by atoms with Crippen molar-refractivity contribution in [3.8, 4) is 0 Å². The fourth-order valence-corrected chi connectivity index (χ4v) is 9.86. The van der Waals surface area contributed by atoms with Crippen molar-refractivity contribution in [2.75, 3.05) is 13.1 Å². The zero-order valence-electron chi connectivity index (χ0n) is 27.7. The minimum Gasteiger partial charge on any atom is -0.282 e. The first-order valence-corrected chi connectivity index (χ1v) is 17.6. The highest BCUT2D eigenvalue weighted by molar-refractivity contribution is 6.17. The summed E-state index contributed by atoms with van der Waals surface area (Å²) in [4.78, 5) is 62.3. The van der Waals surface area contributed by atoms with Gasteiger partial charge < -0.3 is 0 Å². The first-order chi connectivity index (χ1) is 24.0. The first-order valence-electron chi connectivity index (χ1n) is 17.6. The van der Waals surface area contributed by atoms with Gasteiger partial charge >= 0.3 is 0 Å². The van der Waals surface area contributed by atoms with E-state index in [-0.39, 0.29) is 36.7 Å². The number of carbonyl (C=O) groups is 4. The summed E-state index contributed by atoms with van der Waals surface area (Å²) in [6.07, 6.45) is 2.30. The van der Waals surface area contributed by atoms with Crippen LogP contribution in [0.3, 0.4) is 0 Å². The van der Waals surface area contributed by atoms with Crippen molar-refractivity contribution in [2.45, 2.75) is 32.6 Å². The molecule has 2 bridgehead atoms. The molecule has 3 aliphatic carbocycles. The average molecular weight is 649 g/mol. The van der Waals surface area contributed by atoms with Crippen molar-refractivity contribution in [1.82, 2.24) is 9.80 Å². The number of imide groups is 2. The van der Waals surface area contributed by atoms with Crippen LogP contribution in [0.25, 0.3) is 11.1 Å². The number of hydrogen-bond donors (Lipinski definition) is 0. The molecule has 4 aromatic rings. The topological polar surface area (TPSA) is 74.8 Å². The summed E-state index contributed by atoms with van der Waals surface area (Å²) in [5.41, 5.74) is 4.86. The minimum absolute atomic E-state index is 0.202. The summed E-state index contributed by atoms with van der Waals surface area (Å²) >= 11 is 0. The molecular formula is C43H40N2O4. The second-order valence-electron chi connectivity index (χ2n) is 14.0. The molecule has 4 unspecified atom stereocenters. The van der Waals surface area contributed by atoms with E-state index in [1.165, 1.54) is 9.80 Å². The third-order valence-corrected chi connectivity index (χ3v) is 11.6. The van der Waals surface area contributed by atoms with Gasteiger partial charge in [-0.15, -0.1) is 0 Å². The van der Waals surface area contributed by atoms with Crippen molar-refractivity contribution in [2.24, 2.45) is 35.0 Å². The molecule has 4 amide bonds. The highest BCUT2D eigenvalue weighted by Gasteiger charge is 2.77. The summed E-state index contributed by atoms with van der Waals surface area (Å²) in [7, 11) is 0. The molecule has 0 spiro atoms. The second-order valence-corrected chi connectivity index (χ2v) is 14.0. The van der Waals surface area contributed by atoms with Gasteiger partial charge in [0.2, 0.25) is 23.6 Å². The molecule has 5 aliphatic rings. The molecule has 2 saturated heterocycles. The van der Waals surface area contributed by atoms with Gasteiger partial charge in [0.15, 0.2) is 0 Å². The Balaban J connectivity index is 1.32. The Bertz CT molecular complexity index is 1850. The van der Waals surface area contributed by atoms with Gasteiger partial charge in [0.05, 0.1) is 23.7 Å². The maximum Gasteiger partial charge on any atom is 0.234 e. The molecule has 6 heteroatoms. The maximum atomic E-state index is 14.9. The number of benzene rings is 4. The van der Waals surface area contributed by atoms with Gasteiger partial charge in [-0.1, -0.05) is 135 Å². The van der Waals surface area contributed by atoms with Crippen LogP contribution < -0.4 is 0 Å². The number of amides is 4. The van der Waals surface area contributed by atoms with Gasteiger partial charge in [-0.05, 0) is 52.7 Å². The highest BCUT2D eigenvalue weighted by atomic mass is 16.2. The van der Waals surface area contributed by atoms with E-state index in [0.29, 0.717) is 25.7 Å². The van der Waals surface area contributed by atoms with Gasteiger partial charge in [-0.3, -0.25) is 29.0 Å². The Morgan fingerprint density at radius 2 is 0.918 bits per heavy atom. The fourth-order valence-electron chi connectivity index (χ4n) is 9.86. The largest absolute Gasteiger partial charge is 0.282 e. The predicted molar refractivity (Wildman–Crippen MR) is 188 cm³/mol. The summed E-state index contributed by atoms with van der Waals surface area (Å²) in [6, 6.07) is 39.9. The van der Waals surface area contributed by atoms with Crippen LogP contribution in [-0.4, -0.2) is 46.5 Å². The van der Waals surface area contributed by atoms with Gasteiger partial charge in [-0.25, -0.2) is 0 Å². The zero-order valence-corrected chi connectivity index (χ0v) is 27.7.